The van der Waals surface area contributed by atoms with Gasteiger partial charge in [-0.1, -0.05) is 12.1 Å². The van der Waals surface area contributed by atoms with Crippen LogP contribution in [-0.2, 0) is 4.79 Å². The third kappa shape index (κ3) is 1.97. The zero-order valence-corrected chi connectivity index (χ0v) is 9.17. The standard InChI is InChI=1S/C12H13FN2O/c1-12(2)10(11(16)14-15-12)7-8-3-5-9(13)6-4-8/h3-7,15H,1-2H3,(H,14,16)/b10-7+. The molecule has 0 aromatic heterocycles. The molecule has 0 atom stereocenters. The summed E-state index contributed by atoms with van der Waals surface area (Å²) in [6.45, 7) is 3.81. The van der Waals surface area contributed by atoms with Gasteiger partial charge in [0.1, 0.15) is 5.82 Å². The number of carbonyl (C=O) groups is 1. The highest BCUT2D eigenvalue weighted by Crippen LogP contribution is 2.22. The van der Waals surface area contributed by atoms with Crippen molar-refractivity contribution >= 4 is 12.0 Å². The summed E-state index contributed by atoms with van der Waals surface area (Å²) in [6, 6.07) is 6.04. The first kappa shape index (κ1) is 10.8. The molecule has 0 saturated carbocycles. The number of hydrogen-bond donors (Lipinski definition) is 2. The first-order valence-corrected chi connectivity index (χ1v) is 5.04. The van der Waals surface area contributed by atoms with Crippen LogP contribution >= 0.6 is 0 Å². The van der Waals surface area contributed by atoms with Crippen LogP contribution in [0.2, 0.25) is 0 Å². The van der Waals surface area contributed by atoms with Crippen LogP contribution in [0, 0.1) is 5.82 Å². The minimum Gasteiger partial charge on any atom is -0.287 e. The highest BCUT2D eigenvalue weighted by Gasteiger charge is 2.34. The van der Waals surface area contributed by atoms with Crippen LogP contribution in [0.1, 0.15) is 19.4 Å². The molecule has 1 aromatic carbocycles. The number of halogens is 1. The molecule has 4 heteroatoms. The molecule has 2 N–H and O–H groups in total. The molecule has 0 unspecified atom stereocenters. The van der Waals surface area contributed by atoms with Crippen molar-refractivity contribution in [1.82, 2.24) is 10.9 Å². The van der Waals surface area contributed by atoms with Crippen LogP contribution in [0.25, 0.3) is 6.08 Å². The molecule has 1 aliphatic heterocycles. The van der Waals surface area contributed by atoms with Crippen molar-refractivity contribution in [3.05, 3.63) is 41.2 Å². The Morgan fingerprint density at radius 1 is 1.25 bits per heavy atom. The lowest BCUT2D eigenvalue weighted by Crippen LogP contribution is -2.38. The molecule has 0 bridgehead atoms. The predicted octanol–water partition coefficient (Wildman–Crippen LogP) is 1.62. The number of hydrazine groups is 1. The fraction of sp³-hybridized carbons (Fsp3) is 0.250. The SMILES string of the molecule is CC1(C)NNC(=O)/C1=C\c1ccc(F)cc1. The average Bonchev–Trinajstić information content (AvgIpc) is 2.48. The van der Waals surface area contributed by atoms with E-state index in [1.54, 1.807) is 18.2 Å². The lowest BCUT2D eigenvalue weighted by Gasteiger charge is -2.16. The molecular formula is C12H13FN2O. The third-order valence-electron chi connectivity index (χ3n) is 2.59. The molecule has 1 fully saturated rings. The van der Waals surface area contributed by atoms with E-state index in [1.165, 1.54) is 12.1 Å². The molecule has 1 aliphatic rings. The minimum atomic E-state index is -0.411. The molecule has 1 amide bonds. The van der Waals surface area contributed by atoms with Crippen LogP contribution in [0.4, 0.5) is 4.39 Å². The van der Waals surface area contributed by atoms with Gasteiger partial charge < -0.3 is 0 Å². The number of nitrogens with one attached hydrogen (secondary N) is 2. The Bertz CT molecular complexity index is 449. The Morgan fingerprint density at radius 2 is 1.88 bits per heavy atom. The Kier molecular flexibility index (Phi) is 2.52. The number of carbonyl (C=O) groups excluding carboxylic acids is 1. The lowest BCUT2D eigenvalue weighted by molar-refractivity contribution is -0.116. The second-order valence-electron chi connectivity index (χ2n) is 4.31. The number of rotatable bonds is 1. The van der Waals surface area contributed by atoms with Gasteiger partial charge in [-0.25, -0.2) is 9.82 Å². The zero-order valence-electron chi connectivity index (χ0n) is 9.17. The second kappa shape index (κ2) is 3.72. The van der Waals surface area contributed by atoms with Gasteiger partial charge in [-0.15, -0.1) is 0 Å². The van der Waals surface area contributed by atoms with Crippen molar-refractivity contribution in [1.29, 1.82) is 0 Å². The van der Waals surface area contributed by atoms with Crippen molar-refractivity contribution in [3.63, 3.8) is 0 Å². The molecule has 0 radical (unpaired) electrons. The van der Waals surface area contributed by atoms with E-state index in [9.17, 15) is 9.18 Å². The van der Waals surface area contributed by atoms with Crippen LogP contribution < -0.4 is 10.9 Å². The Labute approximate surface area is 93.3 Å². The van der Waals surface area contributed by atoms with E-state index in [1.807, 2.05) is 13.8 Å². The highest BCUT2D eigenvalue weighted by atomic mass is 19.1. The lowest BCUT2D eigenvalue weighted by atomic mass is 9.94. The third-order valence-corrected chi connectivity index (χ3v) is 2.59. The predicted molar refractivity (Wildman–Crippen MR) is 59.7 cm³/mol. The summed E-state index contributed by atoms with van der Waals surface area (Å²) in [5, 5.41) is 0. The summed E-state index contributed by atoms with van der Waals surface area (Å²) in [6.07, 6.45) is 1.76. The van der Waals surface area contributed by atoms with Crippen LogP contribution in [-0.4, -0.2) is 11.4 Å². The monoisotopic (exact) mass is 220 g/mol. The highest BCUT2D eigenvalue weighted by molar-refractivity contribution is 6.01. The van der Waals surface area contributed by atoms with E-state index in [2.05, 4.69) is 10.9 Å². The van der Waals surface area contributed by atoms with Gasteiger partial charge in [0.25, 0.3) is 5.91 Å². The van der Waals surface area contributed by atoms with E-state index in [-0.39, 0.29) is 11.7 Å². The van der Waals surface area contributed by atoms with E-state index < -0.39 is 5.54 Å². The van der Waals surface area contributed by atoms with Crippen LogP contribution in [0.3, 0.4) is 0 Å². The molecule has 2 rings (SSSR count). The average molecular weight is 220 g/mol. The fourth-order valence-corrected chi connectivity index (χ4v) is 1.60. The molecule has 0 spiro atoms. The van der Waals surface area contributed by atoms with Crippen molar-refractivity contribution < 1.29 is 9.18 Å². The van der Waals surface area contributed by atoms with Gasteiger partial charge in [-0.05, 0) is 37.6 Å². The second-order valence-corrected chi connectivity index (χ2v) is 4.31. The Balaban J connectivity index is 2.36. The zero-order chi connectivity index (χ0) is 11.8. The van der Waals surface area contributed by atoms with Gasteiger partial charge in [0, 0.05) is 5.57 Å². The summed E-state index contributed by atoms with van der Waals surface area (Å²) < 4.78 is 12.7. The quantitative estimate of drug-likeness (QED) is 0.706. The van der Waals surface area contributed by atoms with Crippen LogP contribution in [0.5, 0.6) is 0 Å². The topological polar surface area (TPSA) is 41.1 Å². The van der Waals surface area contributed by atoms with Gasteiger partial charge in [0.05, 0.1) is 5.54 Å². The van der Waals surface area contributed by atoms with Crippen LogP contribution in [0.15, 0.2) is 29.8 Å². The molecule has 1 heterocycles. The first-order valence-electron chi connectivity index (χ1n) is 5.04. The maximum Gasteiger partial charge on any atom is 0.263 e. The van der Waals surface area contributed by atoms with Crippen molar-refractivity contribution in [2.75, 3.05) is 0 Å². The van der Waals surface area contributed by atoms with Gasteiger partial charge in [-0.2, -0.15) is 0 Å². The van der Waals surface area contributed by atoms with Gasteiger partial charge in [0.2, 0.25) is 0 Å². The maximum absolute atomic E-state index is 12.7. The fourth-order valence-electron chi connectivity index (χ4n) is 1.60. The molecule has 3 nitrogen and oxygen atoms in total. The Hall–Kier alpha value is -1.68. The van der Waals surface area contributed by atoms with Gasteiger partial charge in [-0.3, -0.25) is 10.2 Å². The van der Waals surface area contributed by atoms with Gasteiger partial charge >= 0.3 is 0 Å². The van der Waals surface area contributed by atoms with E-state index in [4.69, 9.17) is 0 Å². The summed E-state index contributed by atoms with van der Waals surface area (Å²) in [5.41, 5.74) is 6.48. The molecule has 16 heavy (non-hydrogen) atoms. The molecule has 0 aliphatic carbocycles. The summed E-state index contributed by atoms with van der Waals surface area (Å²) in [5.74, 6) is -0.426. The summed E-state index contributed by atoms with van der Waals surface area (Å²) in [7, 11) is 0. The molecule has 1 saturated heterocycles. The minimum absolute atomic E-state index is 0.144. The molecule has 1 aromatic rings. The van der Waals surface area contributed by atoms with E-state index in [0.29, 0.717) is 5.57 Å². The van der Waals surface area contributed by atoms with E-state index >= 15 is 0 Å². The normalized spacial score (nSPS) is 21.2. The molecular weight excluding hydrogens is 207 g/mol. The van der Waals surface area contributed by atoms with Crippen molar-refractivity contribution in [3.8, 4) is 0 Å². The summed E-state index contributed by atoms with van der Waals surface area (Å²) >= 11 is 0. The first-order chi connectivity index (χ1) is 7.49. The number of hydrogen-bond acceptors (Lipinski definition) is 2. The smallest absolute Gasteiger partial charge is 0.263 e. The number of amides is 1. The maximum atomic E-state index is 12.7. The number of benzene rings is 1. The van der Waals surface area contributed by atoms with E-state index in [0.717, 1.165) is 5.56 Å². The largest absolute Gasteiger partial charge is 0.287 e. The molecule has 84 valence electrons. The summed E-state index contributed by atoms with van der Waals surface area (Å²) in [4.78, 5) is 11.5. The van der Waals surface area contributed by atoms with Crippen molar-refractivity contribution in [2.24, 2.45) is 0 Å². The van der Waals surface area contributed by atoms with Gasteiger partial charge in [0.15, 0.2) is 0 Å². The van der Waals surface area contributed by atoms with Crippen molar-refractivity contribution in [2.45, 2.75) is 19.4 Å². The Morgan fingerprint density at radius 3 is 2.38 bits per heavy atom.